The molecular weight excluding hydrogens is 363 g/mol. The highest BCUT2D eigenvalue weighted by atomic mass is 127. The van der Waals surface area contributed by atoms with E-state index >= 15 is 0 Å². The highest BCUT2D eigenvalue weighted by Gasteiger charge is 2.15. The van der Waals surface area contributed by atoms with Crippen molar-refractivity contribution in [3.8, 4) is 0 Å². The lowest BCUT2D eigenvalue weighted by Gasteiger charge is -2.18. The summed E-state index contributed by atoms with van der Waals surface area (Å²) in [6.07, 6.45) is 3.02. The van der Waals surface area contributed by atoms with Gasteiger partial charge in [-0.1, -0.05) is 23.7 Å². The van der Waals surface area contributed by atoms with Gasteiger partial charge in [-0.2, -0.15) is 0 Å². The molecule has 0 spiro atoms. The Morgan fingerprint density at radius 2 is 2.06 bits per heavy atom. The molecule has 0 unspecified atom stereocenters. The third kappa shape index (κ3) is 2.81. The van der Waals surface area contributed by atoms with Gasteiger partial charge in [0.25, 0.3) is 5.91 Å². The number of rotatable bonds is 2. The van der Waals surface area contributed by atoms with E-state index in [2.05, 4.69) is 27.6 Å². The third-order valence-electron chi connectivity index (χ3n) is 2.47. The number of hydrogen-bond donors (Lipinski definition) is 0. The van der Waals surface area contributed by atoms with Gasteiger partial charge in [-0.25, -0.2) is 0 Å². The summed E-state index contributed by atoms with van der Waals surface area (Å²) in [5.41, 5.74) is 1.34. The third-order valence-corrected chi connectivity index (χ3v) is 3.59. The van der Waals surface area contributed by atoms with Crippen LogP contribution in [-0.4, -0.2) is 17.9 Å². The van der Waals surface area contributed by atoms with Crippen LogP contribution in [0.15, 0.2) is 42.7 Å². The van der Waals surface area contributed by atoms with Crippen LogP contribution < -0.4 is 4.90 Å². The Morgan fingerprint density at radius 1 is 1.33 bits per heavy atom. The number of carbonyl (C=O) groups is 1. The maximum absolute atomic E-state index is 12.3. The Labute approximate surface area is 124 Å². The fourth-order valence-electron chi connectivity index (χ4n) is 1.56. The summed E-state index contributed by atoms with van der Waals surface area (Å²) in [5.74, 6) is -0.130. The molecule has 0 aliphatic rings. The molecular formula is C13H10ClIN2O. The van der Waals surface area contributed by atoms with Crippen LogP contribution in [0, 0.1) is 3.57 Å². The van der Waals surface area contributed by atoms with Crippen LogP contribution in [0.1, 0.15) is 10.4 Å². The van der Waals surface area contributed by atoms with E-state index in [1.807, 2.05) is 24.3 Å². The van der Waals surface area contributed by atoms with E-state index in [9.17, 15) is 4.79 Å². The summed E-state index contributed by atoms with van der Waals surface area (Å²) >= 11 is 8.04. The molecule has 0 saturated carbocycles. The fourth-order valence-corrected chi connectivity index (χ4v) is 2.48. The van der Waals surface area contributed by atoms with E-state index < -0.39 is 0 Å². The van der Waals surface area contributed by atoms with E-state index in [-0.39, 0.29) is 5.91 Å². The summed E-state index contributed by atoms with van der Waals surface area (Å²) in [6.45, 7) is 0. The normalized spacial score (nSPS) is 10.2. The molecule has 0 aliphatic carbocycles. The number of aromatic nitrogens is 1. The Kier molecular flexibility index (Phi) is 4.19. The van der Waals surface area contributed by atoms with Gasteiger partial charge < -0.3 is 4.90 Å². The molecule has 0 atom stereocenters. The smallest absolute Gasteiger partial charge is 0.259 e. The van der Waals surface area contributed by atoms with Crippen molar-refractivity contribution in [2.45, 2.75) is 0 Å². The quantitative estimate of drug-likeness (QED) is 0.755. The molecule has 92 valence electrons. The largest absolute Gasteiger partial charge is 0.310 e. The predicted octanol–water partition coefficient (Wildman–Crippen LogP) is 3.62. The Hall–Kier alpha value is -1.14. The zero-order chi connectivity index (χ0) is 13.1. The maximum Gasteiger partial charge on any atom is 0.259 e. The topological polar surface area (TPSA) is 33.2 Å². The molecule has 0 radical (unpaired) electrons. The highest BCUT2D eigenvalue weighted by molar-refractivity contribution is 14.1. The molecule has 1 amide bonds. The van der Waals surface area contributed by atoms with E-state index in [0.29, 0.717) is 10.6 Å². The molecule has 1 heterocycles. The Balaban J connectivity index is 2.32. The predicted molar refractivity (Wildman–Crippen MR) is 81.1 cm³/mol. The van der Waals surface area contributed by atoms with Crippen LogP contribution in [0.5, 0.6) is 0 Å². The Bertz CT molecular complexity index is 589. The highest BCUT2D eigenvalue weighted by Crippen LogP contribution is 2.22. The molecule has 1 aromatic carbocycles. The second-order valence-electron chi connectivity index (χ2n) is 3.71. The minimum Gasteiger partial charge on any atom is -0.310 e. The second-order valence-corrected chi connectivity index (χ2v) is 5.31. The number of hydrogen-bond acceptors (Lipinski definition) is 2. The molecule has 0 aliphatic heterocycles. The van der Waals surface area contributed by atoms with Gasteiger partial charge >= 0.3 is 0 Å². The van der Waals surface area contributed by atoms with Crippen molar-refractivity contribution in [3.05, 3.63) is 56.9 Å². The maximum atomic E-state index is 12.3. The molecule has 2 rings (SSSR count). The molecule has 2 aromatic rings. The van der Waals surface area contributed by atoms with Gasteiger partial charge in [0.2, 0.25) is 0 Å². The fraction of sp³-hybridized carbons (Fsp3) is 0.0769. The molecule has 0 saturated heterocycles. The van der Waals surface area contributed by atoms with Crippen molar-refractivity contribution >= 4 is 45.8 Å². The van der Waals surface area contributed by atoms with Gasteiger partial charge in [0.15, 0.2) is 0 Å². The second kappa shape index (κ2) is 5.67. The van der Waals surface area contributed by atoms with Gasteiger partial charge in [-0.15, -0.1) is 0 Å². The van der Waals surface area contributed by atoms with Crippen LogP contribution in [0.2, 0.25) is 5.02 Å². The minimum atomic E-state index is -0.130. The number of benzene rings is 1. The molecule has 1 aromatic heterocycles. The van der Waals surface area contributed by atoms with Crippen LogP contribution in [0.3, 0.4) is 0 Å². The van der Waals surface area contributed by atoms with Crippen LogP contribution in [0.25, 0.3) is 0 Å². The average molecular weight is 373 g/mol. The van der Waals surface area contributed by atoms with Gasteiger partial charge in [0.05, 0.1) is 16.3 Å². The molecule has 0 bridgehead atoms. The van der Waals surface area contributed by atoms with Crippen molar-refractivity contribution in [1.82, 2.24) is 4.98 Å². The number of carbonyl (C=O) groups excluding carboxylic acids is 1. The lowest BCUT2D eigenvalue weighted by Crippen LogP contribution is -2.27. The van der Waals surface area contributed by atoms with E-state index in [0.717, 1.165) is 9.26 Å². The van der Waals surface area contributed by atoms with Gasteiger partial charge in [0, 0.05) is 23.0 Å². The minimum absolute atomic E-state index is 0.130. The lowest BCUT2D eigenvalue weighted by molar-refractivity contribution is 0.0992. The summed E-state index contributed by atoms with van der Waals surface area (Å²) in [5, 5.41) is 0.456. The van der Waals surface area contributed by atoms with Crippen molar-refractivity contribution in [1.29, 1.82) is 0 Å². The van der Waals surface area contributed by atoms with Crippen LogP contribution in [-0.2, 0) is 0 Å². The number of nitrogens with zero attached hydrogens (tertiary/aromatic N) is 2. The van der Waals surface area contributed by atoms with Crippen LogP contribution in [0.4, 0.5) is 5.69 Å². The van der Waals surface area contributed by atoms with Crippen molar-refractivity contribution in [3.63, 3.8) is 0 Å². The van der Waals surface area contributed by atoms with Gasteiger partial charge in [-0.05, 0) is 40.8 Å². The number of pyridine rings is 1. The number of anilines is 1. The summed E-state index contributed by atoms with van der Waals surface area (Å²) in [6, 6.07) is 9.30. The summed E-state index contributed by atoms with van der Waals surface area (Å²) < 4.78 is 1.01. The standard InChI is InChI=1S/C13H10ClIN2O/c1-17(12-5-3-2-4-11(12)15)13(18)9-6-10(14)8-16-7-9/h2-8H,1H3. The van der Waals surface area contributed by atoms with E-state index in [1.165, 1.54) is 12.4 Å². The van der Waals surface area contributed by atoms with Crippen LogP contribution >= 0.6 is 34.2 Å². The summed E-state index contributed by atoms with van der Waals surface area (Å²) in [7, 11) is 1.74. The first-order valence-corrected chi connectivity index (χ1v) is 6.68. The first-order valence-electron chi connectivity index (χ1n) is 5.22. The SMILES string of the molecule is CN(C(=O)c1cncc(Cl)c1)c1ccccc1I. The molecule has 3 nitrogen and oxygen atoms in total. The lowest BCUT2D eigenvalue weighted by atomic mass is 10.2. The Morgan fingerprint density at radius 3 is 2.72 bits per heavy atom. The molecule has 0 N–H and O–H groups in total. The monoisotopic (exact) mass is 372 g/mol. The molecule has 18 heavy (non-hydrogen) atoms. The zero-order valence-electron chi connectivity index (χ0n) is 9.60. The average Bonchev–Trinajstić information content (AvgIpc) is 2.37. The van der Waals surface area contributed by atoms with Gasteiger partial charge in [-0.3, -0.25) is 9.78 Å². The number of halogens is 2. The van der Waals surface area contributed by atoms with Gasteiger partial charge in [0.1, 0.15) is 0 Å². The van der Waals surface area contributed by atoms with Crippen molar-refractivity contribution < 1.29 is 4.79 Å². The van der Waals surface area contributed by atoms with E-state index in [4.69, 9.17) is 11.6 Å². The summed E-state index contributed by atoms with van der Waals surface area (Å²) in [4.78, 5) is 17.8. The first kappa shape index (κ1) is 13.3. The van der Waals surface area contributed by atoms with Crippen molar-refractivity contribution in [2.24, 2.45) is 0 Å². The zero-order valence-corrected chi connectivity index (χ0v) is 12.5. The first-order chi connectivity index (χ1) is 8.59. The van der Waals surface area contributed by atoms with Crippen molar-refractivity contribution in [2.75, 3.05) is 11.9 Å². The number of amides is 1. The number of para-hydroxylation sites is 1. The van der Waals surface area contributed by atoms with E-state index in [1.54, 1.807) is 18.0 Å². The molecule has 0 fully saturated rings. The molecule has 5 heteroatoms.